The van der Waals surface area contributed by atoms with Crippen molar-refractivity contribution in [2.75, 3.05) is 4.90 Å². The first-order valence-corrected chi connectivity index (χ1v) is 7.26. The molecule has 1 amide bonds. The Hall–Kier alpha value is -1.53. The van der Waals surface area contributed by atoms with E-state index in [1.54, 1.807) is 15.1 Å². The van der Waals surface area contributed by atoms with Crippen molar-refractivity contribution >= 4 is 35.1 Å². The van der Waals surface area contributed by atoms with Gasteiger partial charge in [0, 0.05) is 11.7 Å². The maximum absolute atomic E-state index is 12.4. The van der Waals surface area contributed by atoms with Gasteiger partial charge in [0.15, 0.2) is 3.95 Å². The van der Waals surface area contributed by atoms with Gasteiger partial charge in [-0.3, -0.25) is 4.79 Å². The van der Waals surface area contributed by atoms with Gasteiger partial charge in [-0.2, -0.15) is 5.10 Å². The SMILES string of the molecule is CC(C)N(C(=O)Cn1ncsc1=S)c1ccccc1. The van der Waals surface area contributed by atoms with Crippen molar-refractivity contribution in [1.82, 2.24) is 9.78 Å². The number of benzene rings is 1. The van der Waals surface area contributed by atoms with Crippen LogP contribution in [0.3, 0.4) is 0 Å². The van der Waals surface area contributed by atoms with Gasteiger partial charge in [0.05, 0.1) is 0 Å². The minimum atomic E-state index is -0.0109. The summed E-state index contributed by atoms with van der Waals surface area (Å²) in [7, 11) is 0. The summed E-state index contributed by atoms with van der Waals surface area (Å²) in [6, 6.07) is 9.72. The van der Waals surface area contributed by atoms with E-state index in [1.165, 1.54) is 11.3 Å². The molecule has 0 fully saturated rings. The minimum Gasteiger partial charge on any atom is -0.308 e. The lowest BCUT2D eigenvalue weighted by atomic mass is 10.2. The van der Waals surface area contributed by atoms with E-state index in [0.717, 1.165) is 5.69 Å². The molecular formula is C13H15N3OS2. The summed E-state index contributed by atoms with van der Waals surface area (Å²) in [5, 5.41) is 4.07. The fourth-order valence-corrected chi connectivity index (χ4v) is 2.59. The molecule has 100 valence electrons. The highest BCUT2D eigenvalue weighted by molar-refractivity contribution is 7.73. The highest BCUT2D eigenvalue weighted by atomic mass is 32.1. The molecule has 19 heavy (non-hydrogen) atoms. The topological polar surface area (TPSA) is 38.1 Å². The molecule has 2 aromatic rings. The Balaban J connectivity index is 2.23. The molecule has 0 N–H and O–H groups in total. The molecule has 0 saturated heterocycles. The third-order valence-electron chi connectivity index (χ3n) is 2.66. The Kier molecular flexibility index (Phi) is 4.44. The van der Waals surface area contributed by atoms with Crippen LogP contribution in [0.2, 0.25) is 0 Å². The number of amides is 1. The van der Waals surface area contributed by atoms with Crippen LogP contribution in [0.1, 0.15) is 13.8 Å². The van der Waals surface area contributed by atoms with E-state index < -0.39 is 0 Å². The number of hydrogen-bond donors (Lipinski definition) is 0. The predicted octanol–water partition coefficient (Wildman–Crippen LogP) is 3.12. The second kappa shape index (κ2) is 6.08. The van der Waals surface area contributed by atoms with Crippen LogP contribution in [-0.2, 0) is 11.3 Å². The molecule has 0 radical (unpaired) electrons. The Bertz CT molecular complexity index is 604. The van der Waals surface area contributed by atoms with Crippen LogP contribution < -0.4 is 4.90 Å². The van der Waals surface area contributed by atoms with Crippen LogP contribution in [0, 0.1) is 3.95 Å². The lowest BCUT2D eigenvalue weighted by molar-refractivity contribution is -0.119. The summed E-state index contributed by atoms with van der Waals surface area (Å²) in [5.41, 5.74) is 2.54. The number of carbonyl (C=O) groups excluding carboxylic acids is 1. The Labute approximate surface area is 121 Å². The number of carbonyl (C=O) groups is 1. The van der Waals surface area contributed by atoms with E-state index in [2.05, 4.69) is 5.10 Å². The second-order valence-electron chi connectivity index (χ2n) is 4.36. The largest absolute Gasteiger partial charge is 0.308 e. The van der Waals surface area contributed by atoms with Gasteiger partial charge >= 0.3 is 0 Å². The molecular weight excluding hydrogens is 278 g/mol. The van der Waals surface area contributed by atoms with Gasteiger partial charge in [-0.05, 0) is 38.2 Å². The molecule has 0 bridgehead atoms. The molecule has 0 spiro atoms. The lowest BCUT2D eigenvalue weighted by Crippen LogP contribution is -2.39. The molecule has 1 heterocycles. The summed E-state index contributed by atoms with van der Waals surface area (Å²) in [6.07, 6.45) is 0. The van der Waals surface area contributed by atoms with Gasteiger partial charge in [0.1, 0.15) is 12.1 Å². The molecule has 6 heteroatoms. The molecule has 0 aliphatic heterocycles. The fraction of sp³-hybridized carbons (Fsp3) is 0.308. The summed E-state index contributed by atoms with van der Waals surface area (Å²) >= 11 is 6.48. The quantitative estimate of drug-likeness (QED) is 0.813. The average Bonchev–Trinajstić information content (AvgIpc) is 2.76. The predicted molar refractivity (Wildman–Crippen MR) is 80.0 cm³/mol. The van der Waals surface area contributed by atoms with E-state index >= 15 is 0 Å². The van der Waals surface area contributed by atoms with Gasteiger partial charge < -0.3 is 4.90 Å². The minimum absolute atomic E-state index is 0.0109. The van der Waals surface area contributed by atoms with Crippen molar-refractivity contribution in [2.24, 2.45) is 0 Å². The molecule has 0 aliphatic rings. The number of para-hydroxylation sites is 1. The van der Waals surface area contributed by atoms with Gasteiger partial charge in [0.25, 0.3) is 0 Å². The fourth-order valence-electron chi connectivity index (χ4n) is 1.86. The first-order chi connectivity index (χ1) is 9.09. The third kappa shape index (κ3) is 3.27. The van der Waals surface area contributed by atoms with E-state index in [9.17, 15) is 4.79 Å². The van der Waals surface area contributed by atoms with Crippen molar-refractivity contribution in [2.45, 2.75) is 26.4 Å². The molecule has 0 atom stereocenters. The van der Waals surface area contributed by atoms with E-state index in [4.69, 9.17) is 12.2 Å². The monoisotopic (exact) mass is 293 g/mol. The van der Waals surface area contributed by atoms with E-state index in [1.807, 2.05) is 44.2 Å². The number of anilines is 1. The zero-order valence-corrected chi connectivity index (χ0v) is 12.4. The van der Waals surface area contributed by atoms with Gasteiger partial charge in [-0.25, -0.2) is 4.68 Å². The number of hydrogen-bond acceptors (Lipinski definition) is 4. The maximum Gasteiger partial charge on any atom is 0.249 e. The van der Waals surface area contributed by atoms with Gasteiger partial charge in [-0.1, -0.05) is 29.5 Å². The Morgan fingerprint density at radius 2 is 2.11 bits per heavy atom. The van der Waals surface area contributed by atoms with Gasteiger partial charge in [0.2, 0.25) is 5.91 Å². The van der Waals surface area contributed by atoms with Crippen molar-refractivity contribution < 1.29 is 4.79 Å². The summed E-state index contributed by atoms with van der Waals surface area (Å²) in [5.74, 6) is -0.0109. The van der Waals surface area contributed by atoms with Gasteiger partial charge in [-0.15, -0.1) is 0 Å². The standard InChI is InChI=1S/C13H15N3OS2/c1-10(2)16(11-6-4-3-5-7-11)12(17)8-15-13(18)19-9-14-15/h3-7,9-10H,8H2,1-2H3. The van der Waals surface area contributed by atoms with Crippen LogP contribution in [0.15, 0.2) is 35.8 Å². The molecule has 0 aliphatic carbocycles. The molecule has 1 aromatic heterocycles. The Morgan fingerprint density at radius 1 is 1.42 bits per heavy atom. The Morgan fingerprint density at radius 3 is 2.63 bits per heavy atom. The van der Waals surface area contributed by atoms with Crippen LogP contribution in [0.4, 0.5) is 5.69 Å². The smallest absolute Gasteiger partial charge is 0.249 e. The van der Waals surface area contributed by atoms with E-state index in [0.29, 0.717) is 3.95 Å². The first kappa shape index (κ1) is 13.9. The van der Waals surface area contributed by atoms with Crippen LogP contribution in [0.5, 0.6) is 0 Å². The van der Waals surface area contributed by atoms with Crippen molar-refractivity contribution in [3.63, 3.8) is 0 Å². The maximum atomic E-state index is 12.4. The number of nitrogens with zero attached hydrogens (tertiary/aromatic N) is 3. The lowest BCUT2D eigenvalue weighted by Gasteiger charge is -2.26. The van der Waals surface area contributed by atoms with Crippen molar-refractivity contribution in [3.05, 3.63) is 39.8 Å². The average molecular weight is 293 g/mol. The first-order valence-electron chi connectivity index (χ1n) is 5.97. The summed E-state index contributed by atoms with van der Waals surface area (Å²) in [4.78, 5) is 14.2. The molecule has 2 rings (SSSR count). The van der Waals surface area contributed by atoms with Crippen LogP contribution >= 0.6 is 23.6 Å². The van der Waals surface area contributed by atoms with Crippen molar-refractivity contribution in [1.29, 1.82) is 0 Å². The molecule has 4 nitrogen and oxygen atoms in total. The zero-order chi connectivity index (χ0) is 13.8. The zero-order valence-electron chi connectivity index (χ0n) is 10.8. The van der Waals surface area contributed by atoms with Crippen molar-refractivity contribution in [3.8, 4) is 0 Å². The van der Waals surface area contributed by atoms with Crippen LogP contribution in [0.25, 0.3) is 0 Å². The summed E-state index contributed by atoms with van der Waals surface area (Å²) < 4.78 is 2.17. The number of aromatic nitrogens is 2. The highest BCUT2D eigenvalue weighted by Crippen LogP contribution is 2.17. The molecule has 0 unspecified atom stereocenters. The van der Waals surface area contributed by atoms with E-state index in [-0.39, 0.29) is 18.5 Å². The normalized spacial score (nSPS) is 10.7. The molecule has 0 saturated carbocycles. The second-order valence-corrected chi connectivity index (χ2v) is 5.83. The number of rotatable bonds is 4. The highest BCUT2D eigenvalue weighted by Gasteiger charge is 2.19. The third-order valence-corrected chi connectivity index (χ3v) is 3.77. The van der Waals surface area contributed by atoms with Crippen LogP contribution in [-0.4, -0.2) is 21.7 Å². The summed E-state index contributed by atoms with van der Waals surface area (Å²) in [6.45, 7) is 4.16. The molecule has 1 aromatic carbocycles.